The molecule has 108 valence electrons. The second-order valence-electron chi connectivity index (χ2n) is 5.38. The maximum absolute atomic E-state index is 12.5. The quantitative estimate of drug-likeness (QED) is 0.910. The third-order valence-electron chi connectivity index (χ3n) is 3.74. The minimum Gasteiger partial charge on any atom is -0.508 e. The summed E-state index contributed by atoms with van der Waals surface area (Å²) >= 11 is 0. The summed E-state index contributed by atoms with van der Waals surface area (Å²) in [4.78, 5) is 14.1. The molecule has 0 saturated carbocycles. The third-order valence-corrected chi connectivity index (χ3v) is 3.74. The molecule has 0 aromatic heterocycles. The average molecular weight is 282 g/mol. The van der Waals surface area contributed by atoms with Gasteiger partial charge in [0.2, 0.25) is 0 Å². The van der Waals surface area contributed by atoms with E-state index in [-0.39, 0.29) is 11.7 Å². The van der Waals surface area contributed by atoms with E-state index in [9.17, 15) is 9.90 Å². The topological polar surface area (TPSA) is 52.6 Å². The molecule has 21 heavy (non-hydrogen) atoms. The molecule has 0 bridgehead atoms. The van der Waals surface area contributed by atoms with Crippen LogP contribution in [0.15, 0.2) is 42.5 Å². The van der Waals surface area contributed by atoms with E-state index in [1.807, 2.05) is 24.3 Å². The van der Waals surface area contributed by atoms with Crippen molar-refractivity contribution >= 4 is 11.6 Å². The molecule has 0 unspecified atom stereocenters. The fraction of sp³-hybridized carbons (Fsp3) is 0.235. The van der Waals surface area contributed by atoms with Crippen molar-refractivity contribution in [3.63, 3.8) is 0 Å². The van der Waals surface area contributed by atoms with Crippen molar-refractivity contribution in [3.05, 3.63) is 59.2 Å². The first-order chi connectivity index (χ1) is 10.1. The van der Waals surface area contributed by atoms with E-state index < -0.39 is 0 Å². The number of amides is 1. The van der Waals surface area contributed by atoms with Gasteiger partial charge in [0.1, 0.15) is 5.75 Å². The number of hydrogen-bond acceptors (Lipinski definition) is 3. The standard InChI is InChI=1S/C17H18N2O2/c1-19(11-12-3-2-4-15(20)9-12)17(21)14-6-5-13-7-8-18-16(13)10-14/h2-6,9-10,18,20H,7-8,11H2,1H3. The fourth-order valence-corrected chi connectivity index (χ4v) is 2.64. The zero-order chi connectivity index (χ0) is 14.8. The molecule has 2 N–H and O–H groups in total. The van der Waals surface area contributed by atoms with Crippen LogP contribution >= 0.6 is 0 Å². The van der Waals surface area contributed by atoms with Crippen molar-refractivity contribution in [1.82, 2.24) is 4.90 Å². The molecule has 0 atom stereocenters. The number of aromatic hydroxyl groups is 1. The van der Waals surface area contributed by atoms with E-state index in [4.69, 9.17) is 0 Å². The lowest BCUT2D eigenvalue weighted by Crippen LogP contribution is -2.26. The highest BCUT2D eigenvalue weighted by Gasteiger charge is 2.16. The Labute approximate surface area is 124 Å². The van der Waals surface area contributed by atoms with Gasteiger partial charge in [0.15, 0.2) is 0 Å². The first-order valence-corrected chi connectivity index (χ1v) is 7.03. The summed E-state index contributed by atoms with van der Waals surface area (Å²) in [6.45, 7) is 1.41. The van der Waals surface area contributed by atoms with E-state index >= 15 is 0 Å². The monoisotopic (exact) mass is 282 g/mol. The number of phenolic OH excluding ortho intramolecular Hbond substituents is 1. The Kier molecular flexibility index (Phi) is 3.52. The lowest BCUT2D eigenvalue weighted by molar-refractivity contribution is 0.0785. The van der Waals surface area contributed by atoms with Gasteiger partial charge in [-0.15, -0.1) is 0 Å². The van der Waals surface area contributed by atoms with Crippen molar-refractivity contribution in [2.24, 2.45) is 0 Å². The summed E-state index contributed by atoms with van der Waals surface area (Å²) in [6.07, 6.45) is 1.02. The van der Waals surface area contributed by atoms with E-state index in [1.165, 1.54) is 5.56 Å². The number of carbonyl (C=O) groups is 1. The number of nitrogens with one attached hydrogen (secondary N) is 1. The third kappa shape index (κ3) is 2.84. The second-order valence-corrected chi connectivity index (χ2v) is 5.38. The van der Waals surface area contributed by atoms with E-state index in [2.05, 4.69) is 5.32 Å². The van der Waals surface area contributed by atoms with Gasteiger partial charge < -0.3 is 15.3 Å². The number of carbonyl (C=O) groups excluding carboxylic acids is 1. The van der Waals surface area contributed by atoms with Crippen LogP contribution in [0.5, 0.6) is 5.75 Å². The Morgan fingerprint density at radius 3 is 2.95 bits per heavy atom. The van der Waals surface area contributed by atoms with Gasteiger partial charge in [0.25, 0.3) is 5.91 Å². The first kappa shape index (κ1) is 13.5. The Morgan fingerprint density at radius 1 is 1.29 bits per heavy atom. The van der Waals surface area contributed by atoms with Gasteiger partial charge in [-0.3, -0.25) is 4.79 Å². The summed E-state index contributed by atoms with van der Waals surface area (Å²) in [5.74, 6) is 0.199. The van der Waals surface area contributed by atoms with Crippen LogP contribution in [0.3, 0.4) is 0 Å². The molecule has 0 aliphatic carbocycles. The maximum Gasteiger partial charge on any atom is 0.253 e. The molecule has 3 rings (SSSR count). The number of hydrogen-bond donors (Lipinski definition) is 2. The van der Waals surface area contributed by atoms with Crippen molar-refractivity contribution in [2.75, 3.05) is 18.9 Å². The molecule has 0 fully saturated rings. The van der Waals surface area contributed by atoms with Gasteiger partial charge in [0, 0.05) is 31.4 Å². The van der Waals surface area contributed by atoms with Gasteiger partial charge in [-0.05, 0) is 41.8 Å². The molecule has 1 aliphatic rings. The summed E-state index contributed by atoms with van der Waals surface area (Å²) in [7, 11) is 1.77. The Bertz CT molecular complexity index is 682. The number of nitrogens with zero attached hydrogens (tertiary/aromatic N) is 1. The van der Waals surface area contributed by atoms with Crippen molar-refractivity contribution in [3.8, 4) is 5.75 Å². The largest absolute Gasteiger partial charge is 0.508 e. The Morgan fingerprint density at radius 2 is 2.14 bits per heavy atom. The SMILES string of the molecule is CN(Cc1cccc(O)c1)C(=O)c1ccc2c(c1)NCC2. The Hall–Kier alpha value is -2.49. The molecule has 2 aromatic carbocycles. The van der Waals surface area contributed by atoms with Crippen molar-refractivity contribution in [1.29, 1.82) is 0 Å². The number of anilines is 1. The van der Waals surface area contributed by atoms with E-state index in [0.717, 1.165) is 24.2 Å². The normalized spacial score (nSPS) is 12.6. The van der Waals surface area contributed by atoms with Gasteiger partial charge >= 0.3 is 0 Å². The molecular weight excluding hydrogens is 264 g/mol. The molecule has 4 heteroatoms. The van der Waals surface area contributed by atoms with Gasteiger partial charge in [-0.1, -0.05) is 18.2 Å². The molecule has 2 aromatic rings. The molecule has 0 radical (unpaired) electrons. The smallest absolute Gasteiger partial charge is 0.253 e. The summed E-state index contributed by atoms with van der Waals surface area (Å²) in [5, 5.41) is 12.8. The predicted octanol–water partition coefficient (Wildman–Crippen LogP) is 2.63. The van der Waals surface area contributed by atoms with Gasteiger partial charge in [-0.25, -0.2) is 0 Å². The summed E-state index contributed by atoms with van der Waals surface area (Å²) in [5.41, 5.74) is 3.92. The van der Waals surface area contributed by atoms with Crippen molar-refractivity contribution in [2.45, 2.75) is 13.0 Å². The summed E-state index contributed by atoms with van der Waals surface area (Å²) in [6, 6.07) is 12.8. The zero-order valence-corrected chi connectivity index (χ0v) is 12.0. The lowest BCUT2D eigenvalue weighted by atomic mass is 10.1. The minimum atomic E-state index is -0.0187. The van der Waals surface area contributed by atoms with Crippen LogP contribution in [0.4, 0.5) is 5.69 Å². The Balaban J connectivity index is 1.75. The number of phenols is 1. The molecule has 1 aliphatic heterocycles. The molecule has 1 amide bonds. The molecule has 0 saturated heterocycles. The van der Waals surface area contributed by atoms with Gasteiger partial charge in [0.05, 0.1) is 0 Å². The van der Waals surface area contributed by atoms with Crippen LogP contribution in [0.25, 0.3) is 0 Å². The number of rotatable bonds is 3. The van der Waals surface area contributed by atoms with E-state index in [1.54, 1.807) is 30.1 Å². The van der Waals surface area contributed by atoms with Crippen LogP contribution in [0.1, 0.15) is 21.5 Å². The molecule has 0 spiro atoms. The van der Waals surface area contributed by atoms with Crippen LogP contribution in [0.2, 0.25) is 0 Å². The first-order valence-electron chi connectivity index (χ1n) is 7.03. The highest BCUT2D eigenvalue weighted by Crippen LogP contribution is 2.24. The number of fused-ring (bicyclic) bond motifs is 1. The molecular formula is C17H18N2O2. The van der Waals surface area contributed by atoms with Gasteiger partial charge in [-0.2, -0.15) is 0 Å². The average Bonchev–Trinajstić information content (AvgIpc) is 2.93. The summed E-state index contributed by atoms with van der Waals surface area (Å²) < 4.78 is 0. The minimum absolute atomic E-state index is 0.0187. The highest BCUT2D eigenvalue weighted by molar-refractivity contribution is 5.95. The van der Waals surface area contributed by atoms with Crippen molar-refractivity contribution < 1.29 is 9.90 Å². The van der Waals surface area contributed by atoms with Crippen LogP contribution in [0, 0.1) is 0 Å². The van der Waals surface area contributed by atoms with Crippen LogP contribution in [-0.4, -0.2) is 29.5 Å². The molecule has 1 heterocycles. The van der Waals surface area contributed by atoms with Crippen LogP contribution in [-0.2, 0) is 13.0 Å². The molecule has 4 nitrogen and oxygen atoms in total. The zero-order valence-electron chi connectivity index (χ0n) is 12.0. The highest BCUT2D eigenvalue weighted by atomic mass is 16.3. The van der Waals surface area contributed by atoms with Crippen LogP contribution < -0.4 is 5.32 Å². The maximum atomic E-state index is 12.5. The predicted molar refractivity (Wildman–Crippen MR) is 82.5 cm³/mol. The second kappa shape index (κ2) is 5.48. The number of benzene rings is 2. The lowest BCUT2D eigenvalue weighted by Gasteiger charge is -2.18. The fourth-order valence-electron chi connectivity index (χ4n) is 2.64. The van der Waals surface area contributed by atoms with E-state index in [0.29, 0.717) is 12.1 Å².